The van der Waals surface area contributed by atoms with Crippen molar-refractivity contribution in [2.45, 2.75) is 19.4 Å². The normalized spacial score (nSPS) is 16.2. The summed E-state index contributed by atoms with van der Waals surface area (Å²) in [6, 6.07) is 5.90. The van der Waals surface area contributed by atoms with E-state index < -0.39 is 5.97 Å². The highest BCUT2D eigenvalue weighted by Gasteiger charge is 2.24. The summed E-state index contributed by atoms with van der Waals surface area (Å²) in [5.41, 5.74) is 1.14. The zero-order valence-corrected chi connectivity index (χ0v) is 13.0. The van der Waals surface area contributed by atoms with Crippen molar-refractivity contribution in [2.24, 2.45) is 5.92 Å². The van der Waals surface area contributed by atoms with Gasteiger partial charge in [-0.3, -0.25) is 9.69 Å². The predicted octanol–water partition coefficient (Wildman–Crippen LogP) is 2.56. The van der Waals surface area contributed by atoms with Gasteiger partial charge in [0.15, 0.2) is 11.5 Å². The van der Waals surface area contributed by atoms with Gasteiger partial charge >= 0.3 is 5.97 Å². The molecule has 0 aliphatic carbocycles. The summed E-state index contributed by atoms with van der Waals surface area (Å²) in [6.45, 7) is 6.50. The summed E-state index contributed by atoms with van der Waals surface area (Å²) < 4.78 is 10.9. The van der Waals surface area contributed by atoms with E-state index in [0.717, 1.165) is 25.2 Å². The molecule has 0 bridgehead atoms. The van der Waals surface area contributed by atoms with Crippen LogP contribution in [0.1, 0.15) is 18.4 Å². The molecule has 0 aromatic heterocycles. The van der Waals surface area contributed by atoms with Crippen molar-refractivity contribution in [3.05, 3.63) is 36.4 Å². The van der Waals surface area contributed by atoms with Crippen LogP contribution in [0.5, 0.6) is 11.5 Å². The van der Waals surface area contributed by atoms with Gasteiger partial charge in [-0.15, -0.1) is 0 Å². The third-order valence-electron chi connectivity index (χ3n) is 3.93. The number of carbonyl (C=O) groups is 1. The average molecular weight is 305 g/mol. The number of ether oxygens (including phenoxy) is 2. The quantitative estimate of drug-likeness (QED) is 0.785. The van der Waals surface area contributed by atoms with E-state index in [1.807, 2.05) is 18.2 Å². The maximum Gasteiger partial charge on any atom is 0.306 e. The maximum absolute atomic E-state index is 11.0. The monoisotopic (exact) mass is 305 g/mol. The summed E-state index contributed by atoms with van der Waals surface area (Å²) in [5.74, 6) is 0.543. The number of hydrogen-bond donors (Lipinski definition) is 1. The number of carboxylic acid groups (broad SMARTS) is 1. The molecule has 0 radical (unpaired) electrons. The van der Waals surface area contributed by atoms with Crippen molar-refractivity contribution in [1.82, 2.24) is 4.90 Å². The summed E-state index contributed by atoms with van der Waals surface area (Å²) in [5, 5.41) is 9.03. The van der Waals surface area contributed by atoms with Gasteiger partial charge in [0.1, 0.15) is 6.61 Å². The van der Waals surface area contributed by atoms with Crippen LogP contribution in [0.25, 0.3) is 0 Å². The molecule has 1 heterocycles. The first-order valence-electron chi connectivity index (χ1n) is 7.49. The fraction of sp³-hybridized carbons (Fsp3) is 0.471. The standard InChI is InChI=1S/C17H23NO4/c1-3-10-22-15-5-4-13(11-16(15)21-2)12-18-8-6-14(7-9-18)17(19)20/h3-5,11,14H,1,6-10,12H2,2H3,(H,19,20). The van der Waals surface area contributed by atoms with E-state index in [1.54, 1.807) is 13.2 Å². The van der Waals surface area contributed by atoms with Gasteiger partial charge < -0.3 is 14.6 Å². The van der Waals surface area contributed by atoms with Crippen molar-refractivity contribution >= 4 is 5.97 Å². The molecule has 0 unspecified atom stereocenters. The lowest BCUT2D eigenvalue weighted by Gasteiger charge is -2.30. The lowest BCUT2D eigenvalue weighted by molar-refractivity contribution is -0.143. The average Bonchev–Trinajstić information content (AvgIpc) is 2.54. The SMILES string of the molecule is C=CCOc1ccc(CN2CCC(C(=O)O)CC2)cc1OC. The number of rotatable bonds is 7. The second-order valence-electron chi connectivity index (χ2n) is 5.47. The molecule has 2 rings (SSSR count). The zero-order valence-electron chi connectivity index (χ0n) is 13.0. The number of likely N-dealkylation sites (tertiary alicyclic amines) is 1. The van der Waals surface area contributed by atoms with Crippen LogP contribution in [0.4, 0.5) is 0 Å². The van der Waals surface area contributed by atoms with Crippen LogP contribution in [-0.2, 0) is 11.3 Å². The third kappa shape index (κ3) is 4.24. The molecule has 120 valence electrons. The van der Waals surface area contributed by atoms with Gasteiger partial charge in [-0.2, -0.15) is 0 Å². The molecular formula is C17H23NO4. The van der Waals surface area contributed by atoms with E-state index in [0.29, 0.717) is 30.9 Å². The van der Waals surface area contributed by atoms with Crippen molar-refractivity contribution in [2.75, 3.05) is 26.8 Å². The van der Waals surface area contributed by atoms with Crippen molar-refractivity contribution in [3.63, 3.8) is 0 Å². The highest BCUT2D eigenvalue weighted by atomic mass is 16.5. The van der Waals surface area contributed by atoms with Crippen LogP contribution >= 0.6 is 0 Å². The Kier molecular flexibility index (Phi) is 5.83. The predicted molar refractivity (Wildman–Crippen MR) is 84.3 cm³/mol. The van der Waals surface area contributed by atoms with Gasteiger partial charge in [-0.25, -0.2) is 0 Å². The van der Waals surface area contributed by atoms with Gasteiger partial charge in [0, 0.05) is 6.54 Å². The minimum absolute atomic E-state index is 0.194. The van der Waals surface area contributed by atoms with Gasteiger partial charge in [-0.1, -0.05) is 18.7 Å². The van der Waals surface area contributed by atoms with Crippen molar-refractivity contribution < 1.29 is 19.4 Å². The summed E-state index contributed by atoms with van der Waals surface area (Å²) >= 11 is 0. The lowest BCUT2D eigenvalue weighted by Crippen LogP contribution is -2.35. The first-order valence-corrected chi connectivity index (χ1v) is 7.49. The van der Waals surface area contributed by atoms with Crippen molar-refractivity contribution in [3.8, 4) is 11.5 Å². The number of benzene rings is 1. The fourth-order valence-electron chi connectivity index (χ4n) is 2.67. The summed E-state index contributed by atoms with van der Waals surface area (Å²) in [7, 11) is 1.62. The topological polar surface area (TPSA) is 59.0 Å². The molecule has 5 heteroatoms. The molecule has 5 nitrogen and oxygen atoms in total. The minimum atomic E-state index is -0.676. The fourth-order valence-corrected chi connectivity index (χ4v) is 2.67. The van der Waals surface area contributed by atoms with Gasteiger partial charge in [0.05, 0.1) is 13.0 Å². The molecule has 1 aromatic rings. The number of hydrogen-bond acceptors (Lipinski definition) is 4. The van der Waals surface area contributed by atoms with Crippen LogP contribution in [-0.4, -0.2) is 42.8 Å². The van der Waals surface area contributed by atoms with Crippen LogP contribution < -0.4 is 9.47 Å². The highest BCUT2D eigenvalue weighted by molar-refractivity contribution is 5.70. The largest absolute Gasteiger partial charge is 0.493 e. The Bertz CT molecular complexity index is 521. The number of piperidine rings is 1. The number of aliphatic carboxylic acids is 1. The number of nitrogens with zero attached hydrogens (tertiary/aromatic N) is 1. The first kappa shape index (κ1) is 16.4. The smallest absolute Gasteiger partial charge is 0.306 e. The Morgan fingerprint density at radius 3 is 2.73 bits per heavy atom. The lowest BCUT2D eigenvalue weighted by atomic mass is 9.97. The summed E-state index contributed by atoms with van der Waals surface area (Å²) in [4.78, 5) is 13.2. The van der Waals surface area contributed by atoms with Gasteiger partial charge in [0.25, 0.3) is 0 Å². The Labute approximate surface area is 131 Å². The van der Waals surface area contributed by atoms with Crippen molar-refractivity contribution in [1.29, 1.82) is 0 Å². The van der Waals surface area contributed by atoms with Crippen LogP contribution in [0.3, 0.4) is 0 Å². The molecule has 0 saturated carbocycles. The van der Waals surface area contributed by atoms with E-state index >= 15 is 0 Å². The Balaban J connectivity index is 1.95. The molecule has 1 N–H and O–H groups in total. The third-order valence-corrected chi connectivity index (χ3v) is 3.93. The maximum atomic E-state index is 11.0. The Morgan fingerprint density at radius 2 is 2.14 bits per heavy atom. The number of carboxylic acids is 1. The molecule has 1 aliphatic heterocycles. The first-order chi connectivity index (χ1) is 10.6. The highest BCUT2D eigenvalue weighted by Crippen LogP contribution is 2.29. The molecule has 0 spiro atoms. The molecule has 1 aromatic carbocycles. The second-order valence-corrected chi connectivity index (χ2v) is 5.47. The van der Waals surface area contributed by atoms with Crippen LogP contribution in [0.15, 0.2) is 30.9 Å². The molecule has 0 amide bonds. The van der Waals surface area contributed by atoms with Crippen LogP contribution in [0.2, 0.25) is 0 Å². The van der Waals surface area contributed by atoms with E-state index in [4.69, 9.17) is 14.6 Å². The second kappa shape index (κ2) is 7.84. The Hall–Kier alpha value is -2.01. The van der Waals surface area contributed by atoms with Gasteiger partial charge in [0.2, 0.25) is 0 Å². The van der Waals surface area contributed by atoms with E-state index in [2.05, 4.69) is 11.5 Å². The Morgan fingerprint density at radius 1 is 1.41 bits per heavy atom. The molecule has 0 atom stereocenters. The molecule has 22 heavy (non-hydrogen) atoms. The van der Waals surface area contributed by atoms with E-state index in [-0.39, 0.29) is 5.92 Å². The van der Waals surface area contributed by atoms with E-state index in [9.17, 15) is 4.79 Å². The molecule has 1 saturated heterocycles. The number of methoxy groups -OCH3 is 1. The summed E-state index contributed by atoms with van der Waals surface area (Å²) in [6.07, 6.45) is 3.12. The van der Waals surface area contributed by atoms with Gasteiger partial charge in [-0.05, 0) is 43.6 Å². The van der Waals surface area contributed by atoms with Crippen LogP contribution in [0, 0.1) is 5.92 Å². The van der Waals surface area contributed by atoms with E-state index in [1.165, 1.54) is 0 Å². The molecule has 1 fully saturated rings. The zero-order chi connectivity index (χ0) is 15.9. The molecule has 1 aliphatic rings. The minimum Gasteiger partial charge on any atom is -0.493 e. The molecular weight excluding hydrogens is 282 g/mol.